The Morgan fingerprint density at radius 1 is 1.29 bits per heavy atom. The molecule has 0 aromatic carbocycles. The summed E-state index contributed by atoms with van der Waals surface area (Å²) in [5, 5.41) is 3.77. The van der Waals surface area contributed by atoms with E-state index in [0.29, 0.717) is 11.6 Å². The summed E-state index contributed by atoms with van der Waals surface area (Å²) in [6.45, 7) is 1.99. The molecule has 2 heterocycles. The number of hydrogen-bond donors (Lipinski definition) is 2. The third-order valence-electron chi connectivity index (χ3n) is 1.57. The topological polar surface area (TPSA) is 76.7 Å². The highest BCUT2D eigenvalue weighted by molar-refractivity contribution is 7.15. The van der Waals surface area contributed by atoms with Gasteiger partial charge in [0.25, 0.3) is 0 Å². The smallest absolute Gasteiger partial charge is 0.188 e. The maximum atomic E-state index is 5.62. The SMILES string of the molecule is Cc1cnc(Nc2nccnc2N)s1. The molecule has 72 valence electrons. The molecule has 5 nitrogen and oxygen atoms in total. The van der Waals surface area contributed by atoms with E-state index in [1.54, 1.807) is 29.9 Å². The third-order valence-corrected chi connectivity index (χ3v) is 2.40. The van der Waals surface area contributed by atoms with Gasteiger partial charge in [0.1, 0.15) is 0 Å². The Morgan fingerprint density at radius 2 is 2.07 bits per heavy atom. The summed E-state index contributed by atoms with van der Waals surface area (Å²) < 4.78 is 0. The van der Waals surface area contributed by atoms with Crippen LogP contribution in [0.25, 0.3) is 0 Å². The summed E-state index contributed by atoms with van der Waals surface area (Å²) in [6.07, 6.45) is 4.92. The lowest BCUT2D eigenvalue weighted by molar-refractivity contribution is 1.20. The number of rotatable bonds is 2. The number of thiazole rings is 1. The van der Waals surface area contributed by atoms with Crippen molar-refractivity contribution in [2.24, 2.45) is 0 Å². The van der Waals surface area contributed by atoms with Crippen molar-refractivity contribution in [3.63, 3.8) is 0 Å². The molecular formula is C8H9N5S. The van der Waals surface area contributed by atoms with Gasteiger partial charge in [0.2, 0.25) is 0 Å². The minimum absolute atomic E-state index is 0.375. The Morgan fingerprint density at radius 3 is 2.71 bits per heavy atom. The van der Waals surface area contributed by atoms with E-state index < -0.39 is 0 Å². The van der Waals surface area contributed by atoms with E-state index in [9.17, 15) is 0 Å². The average Bonchev–Trinajstić information content (AvgIpc) is 2.56. The predicted molar refractivity (Wildman–Crippen MR) is 56.6 cm³/mol. The van der Waals surface area contributed by atoms with E-state index in [0.717, 1.165) is 10.0 Å². The van der Waals surface area contributed by atoms with Gasteiger partial charge in [0, 0.05) is 23.5 Å². The number of aromatic nitrogens is 3. The number of nitrogen functional groups attached to an aromatic ring is 1. The first-order valence-corrected chi connectivity index (χ1v) is 4.83. The van der Waals surface area contributed by atoms with Gasteiger partial charge in [-0.15, -0.1) is 11.3 Å². The Bertz CT molecular complexity index is 439. The van der Waals surface area contributed by atoms with Crippen LogP contribution in [0.4, 0.5) is 16.8 Å². The molecule has 0 unspecified atom stereocenters. The highest BCUT2D eigenvalue weighted by atomic mass is 32.1. The number of anilines is 3. The third kappa shape index (κ3) is 1.80. The van der Waals surface area contributed by atoms with Gasteiger partial charge in [0.15, 0.2) is 16.8 Å². The van der Waals surface area contributed by atoms with E-state index in [1.807, 2.05) is 6.92 Å². The van der Waals surface area contributed by atoms with Gasteiger partial charge >= 0.3 is 0 Å². The molecule has 0 atom stereocenters. The van der Waals surface area contributed by atoms with Crippen molar-refractivity contribution in [1.29, 1.82) is 0 Å². The normalized spacial score (nSPS) is 10.1. The lowest BCUT2D eigenvalue weighted by Gasteiger charge is -2.02. The molecule has 0 aliphatic rings. The van der Waals surface area contributed by atoms with Gasteiger partial charge in [-0.3, -0.25) is 0 Å². The highest BCUT2D eigenvalue weighted by Gasteiger charge is 2.03. The quantitative estimate of drug-likeness (QED) is 0.781. The van der Waals surface area contributed by atoms with E-state index in [1.165, 1.54) is 0 Å². The molecule has 0 saturated carbocycles. The first-order valence-electron chi connectivity index (χ1n) is 4.01. The van der Waals surface area contributed by atoms with Crippen molar-refractivity contribution in [2.45, 2.75) is 6.92 Å². The first-order chi connectivity index (χ1) is 6.75. The van der Waals surface area contributed by atoms with Crippen molar-refractivity contribution < 1.29 is 0 Å². The molecule has 0 amide bonds. The molecule has 14 heavy (non-hydrogen) atoms. The van der Waals surface area contributed by atoms with Crippen LogP contribution in [0, 0.1) is 6.92 Å². The van der Waals surface area contributed by atoms with Gasteiger partial charge in [0.05, 0.1) is 0 Å². The van der Waals surface area contributed by atoms with Crippen molar-refractivity contribution in [2.75, 3.05) is 11.1 Å². The minimum atomic E-state index is 0.375. The molecule has 2 aromatic heterocycles. The van der Waals surface area contributed by atoms with Crippen LogP contribution in [-0.4, -0.2) is 15.0 Å². The number of nitrogens with two attached hydrogens (primary N) is 1. The summed E-state index contributed by atoms with van der Waals surface area (Å²) in [6, 6.07) is 0. The van der Waals surface area contributed by atoms with E-state index >= 15 is 0 Å². The zero-order valence-electron chi connectivity index (χ0n) is 7.56. The molecule has 0 fully saturated rings. The average molecular weight is 207 g/mol. The molecule has 0 saturated heterocycles. The molecule has 6 heteroatoms. The minimum Gasteiger partial charge on any atom is -0.381 e. The monoisotopic (exact) mass is 207 g/mol. The van der Waals surface area contributed by atoms with Gasteiger partial charge in [-0.25, -0.2) is 15.0 Å². The summed E-state index contributed by atoms with van der Waals surface area (Å²) in [4.78, 5) is 13.2. The van der Waals surface area contributed by atoms with Crippen LogP contribution in [0.15, 0.2) is 18.6 Å². The van der Waals surface area contributed by atoms with Crippen LogP contribution < -0.4 is 11.1 Å². The standard InChI is InChI=1S/C8H9N5S/c1-5-4-12-8(14-5)13-7-6(9)10-2-3-11-7/h2-4H,1H3,(H2,9,10)(H,11,12,13). The van der Waals surface area contributed by atoms with E-state index in [-0.39, 0.29) is 0 Å². The number of nitrogens with one attached hydrogen (secondary N) is 1. The summed E-state index contributed by atoms with van der Waals surface area (Å²) in [5.74, 6) is 0.919. The van der Waals surface area contributed by atoms with Gasteiger partial charge < -0.3 is 11.1 Å². The molecule has 2 rings (SSSR count). The molecule has 0 radical (unpaired) electrons. The van der Waals surface area contributed by atoms with Gasteiger partial charge in [-0.1, -0.05) is 0 Å². The second kappa shape index (κ2) is 3.59. The fourth-order valence-electron chi connectivity index (χ4n) is 0.959. The van der Waals surface area contributed by atoms with Crippen LogP contribution in [-0.2, 0) is 0 Å². The summed E-state index contributed by atoms with van der Waals surface area (Å²) in [5.41, 5.74) is 5.62. The maximum absolute atomic E-state index is 5.62. The van der Waals surface area contributed by atoms with Gasteiger partial charge in [-0.05, 0) is 6.92 Å². The van der Waals surface area contributed by atoms with Crippen LogP contribution in [0.1, 0.15) is 4.88 Å². The molecule has 0 aliphatic carbocycles. The van der Waals surface area contributed by atoms with Crippen LogP contribution in [0.3, 0.4) is 0 Å². The molecule has 2 aromatic rings. The largest absolute Gasteiger partial charge is 0.381 e. The second-order valence-electron chi connectivity index (χ2n) is 2.69. The predicted octanol–water partition coefficient (Wildman–Crippen LogP) is 1.57. The van der Waals surface area contributed by atoms with Crippen molar-refractivity contribution in [1.82, 2.24) is 15.0 Å². The second-order valence-corrected chi connectivity index (χ2v) is 3.93. The Kier molecular flexibility index (Phi) is 2.28. The first kappa shape index (κ1) is 8.89. The molecular weight excluding hydrogens is 198 g/mol. The molecule has 0 aliphatic heterocycles. The van der Waals surface area contributed by atoms with Crippen LogP contribution >= 0.6 is 11.3 Å². The molecule has 0 spiro atoms. The Labute approximate surface area is 85.0 Å². The lowest BCUT2D eigenvalue weighted by atomic mass is 10.6. The molecule has 3 N–H and O–H groups in total. The van der Waals surface area contributed by atoms with Crippen molar-refractivity contribution in [3.8, 4) is 0 Å². The molecule has 0 bridgehead atoms. The number of hydrogen-bond acceptors (Lipinski definition) is 6. The highest BCUT2D eigenvalue weighted by Crippen LogP contribution is 2.22. The zero-order valence-corrected chi connectivity index (χ0v) is 8.38. The fourth-order valence-corrected chi connectivity index (χ4v) is 1.62. The Hall–Kier alpha value is -1.69. The zero-order chi connectivity index (χ0) is 9.97. The van der Waals surface area contributed by atoms with Gasteiger partial charge in [-0.2, -0.15) is 0 Å². The van der Waals surface area contributed by atoms with Crippen molar-refractivity contribution >= 4 is 28.1 Å². The van der Waals surface area contributed by atoms with Crippen molar-refractivity contribution in [3.05, 3.63) is 23.5 Å². The Balaban J connectivity index is 2.23. The van der Waals surface area contributed by atoms with E-state index in [4.69, 9.17) is 5.73 Å². The fraction of sp³-hybridized carbons (Fsp3) is 0.125. The maximum Gasteiger partial charge on any atom is 0.188 e. The number of aryl methyl sites for hydroxylation is 1. The van der Waals surface area contributed by atoms with Crippen LogP contribution in [0.2, 0.25) is 0 Å². The summed E-state index contributed by atoms with van der Waals surface area (Å²) in [7, 11) is 0. The van der Waals surface area contributed by atoms with Crippen LogP contribution in [0.5, 0.6) is 0 Å². The van der Waals surface area contributed by atoms with E-state index in [2.05, 4.69) is 20.3 Å². The number of nitrogens with zero attached hydrogens (tertiary/aromatic N) is 3. The lowest BCUT2D eigenvalue weighted by Crippen LogP contribution is -2.00. The summed E-state index contributed by atoms with van der Waals surface area (Å²) >= 11 is 1.55.